The van der Waals surface area contributed by atoms with Gasteiger partial charge in [0.15, 0.2) is 0 Å². The zero-order valence-corrected chi connectivity index (χ0v) is 25.4. The summed E-state index contributed by atoms with van der Waals surface area (Å²) in [6.07, 6.45) is -0.334. The van der Waals surface area contributed by atoms with Gasteiger partial charge in [-0.1, -0.05) is 88.7 Å². The highest BCUT2D eigenvalue weighted by molar-refractivity contribution is 9.10. The fourth-order valence-electron chi connectivity index (χ4n) is 4.68. The number of hydrogen-bond donors (Lipinski definition) is 3. The summed E-state index contributed by atoms with van der Waals surface area (Å²) >= 11 is 3.39. The van der Waals surface area contributed by atoms with Crippen molar-refractivity contribution in [3.05, 3.63) is 148 Å². The fourth-order valence-corrected chi connectivity index (χ4v) is 5.04. The number of nitrogens with one attached hydrogen (secondary N) is 1. The number of hydrogen-bond acceptors (Lipinski definition) is 5. The molecule has 0 aliphatic carbocycles. The van der Waals surface area contributed by atoms with Gasteiger partial charge in [0, 0.05) is 10.0 Å². The van der Waals surface area contributed by atoms with Crippen molar-refractivity contribution in [2.45, 2.75) is 19.1 Å². The van der Waals surface area contributed by atoms with Gasteiger partial charge in [-0.05, 0) is 65.2 Å². The molecule has 0 bridgehead atoms. The Morgan fingerprint density at radius 1 is 0.756 bits per heavy atom. The van der Waals surface area contributed by atoms with Gasteiger partial charge in [0.1, 0.15) is 23.9 Å². The molecule has 45 heavy (non-hydrogen) atoms. The Morgan fingerprint density at radius 2 is 1.44 bits per heavy atom. The van der Waals surface area contributed by atoms with Crippen molar-refractivity contribution in [1.82, 2.24) is 5.32 Å². The second-order valence-electron chi connectivity index (χ2n) is 10.1. The van der Waals surface area contributed by atoms with E-state index in [4.69, 9.17) is 14.6 Å². The number of carbonyl (C=O) groups is 3. The average molecular weight is 667 g/mol. The Labute approximate surface area is 268 Å². The number of carboxylic acids is 2. The first-order chi connectivity index (χ1) is 21.8. The van der Waals surface area contributed by atoms with Crippen LogP contribution in [0, 0.1) is 0 Å². The number of rotatable bonds is 12. The summed E-state index contributed by atoms with van der Waals surface area (Å²) in [5, 5.41) is 21.6. The lowest BCUT2D eigenvalue weighted by Gasteiger charge is -2.20. The number of halogens is 1. The van der Waals surface area contributed by atoms with E-state index in [0.717, 1.165) is 11.1 Å². The minimum absolute atomic E-state index is 0.0945. The van der Waals surface area contributed by atoms with Crippen LogP contribution >= 0.6 is 15.9 Å². The summed E-state index contributed by atoms with van der Waals surface area (Å²) in [6.45, 7) is 0.0945. The predicted molar refractivity (Wildman–Crippen MR) is 173 cm³/mol. The lowest BCUT2D eigenvalue weighted by atomic mass is 9.98. The molecule has 1 amide bonds. The number of aromatic carboxylic acids is 1. The van der Waals surface area contributed by atoms with E-state index in [-0.39, 0.29) is 29.9 Å². The summed E-state index contributed by atoms with van der Waals surface area (Å²) in [5.74, 6) is -0.935. The molecule has 1 unspecified atom stereocenters. The summed E-state index contributed by atoms with van der Waals surface area (Å²) in [7, 11) is 0. The molecule has 0 saturated heterocycles. The molecule has 226 valence electrons. The first-order valence-corrected chi connectivity index (χ1v) is 14.8. The zero-order valence-electron chi connectivity index (χ0n) is 23.9. The van der Waals surface area contributed by atoms with Crippen molar-refractivity contribution >= 4 is 33.8 Å². The molecule has 0 radical (unpaired) electrons. The summed E-state index contributed by atoms with van der Waals surface area (Å²) in [4.78, 5) is 36.5. The standard InChI is InChI=1S/C36H28BrNO7/c37-27-18-19-32(44-22-23-10-12-26(13-11-23)36(42)43)30(20-27)35(41)38-31(21-34(39)40)25-16-14-24(15-17-25)29-8-4-5-9-33(29)45-28-6-2-1-3-7-28/h1-20,31H,21-22H2,(H,38,41)(H,39,40)(H,42,43). The minimum Gasteiger partial charge on any atom is -0.488 e. The number of benzene rings is 5. The van der Waals surface area contributed by atoms with Gasteiger partial charge in [-0.15, -0.1) is 0 Å². The van der Waals surface area contributed by atoms with Crippen LogP contribution in [0.5, 0.6) is 17.2 Å². The third-order valence-corrected chi connectivity index (χ3v) is 7.44. The van der Waals surface area contributed by atoms with E-state index in [0.29, 0.717) is 27.1 Å². The number of amides is 1. The van der Waals surface area contributed by atoms with Crippen molar-refractivity contribution in [3.8, 4) is 28.4 Å². The molecular formula is C36H28BrNO7. The molecule has 0 spiro atoms. The van der Waals surface area contributed by atoms with E-state index in [2.05, 4.69) is 21.2 Å². The molecule has 0 heterocycles. The van der Waals surface area contributed by atoms with Crippen molar-refractivity contribution < 1.29 is 34.1 Å². The SMILES string of the molecule is O=C(O)CC(NC(=O)c1cc(Br)ccc1OCc1ccc(C(=O)O)cc1)c1ccc(-c2ccccc2Oc2ccccc2)cc1. The highest BCUT2D eigenvalue weighted by atomic mass is 79.9. The van der Waals surface area contributed by atoms with Crippen LogP contribution in [0.3, 0.4) is 0 Å². The van der Waals surface area contributed by atoms with Crippen molar-refractivity contribution in [1.29, 1.82) is 0 Å². The monoisotopic (exact) mass is 665 g/mol. The van der Waals surface area contributed by atoms with Gasteiger partial charge in [0.2, 0.25) is 0 Å². The van der Waals surface area contributed by atoms with Crippen LogP contribution in [-0.2, 0) is 11.4 Å². The number of para-hydroxylation sites is 2. The third-order valence-electron chi connectivity index (χ3n) is 6.95. The van der Waals surface area contributed by atoms with Gasteiger partial charge < -0.3 is 25.0 Å². The topological polar surface area (TPSA) is 122 Å². The maximum Gasteiger partial charge on any atom is 0.335 e. The molecule has 8 nitrogen and oxygen atoms in total. The van der Waals surface area contributed by atoms with Crippen LogP contribution in [0.1, 0.15) is 44.3 Å². The van der Waals surface area contributed by atoms with Crippen LogP contribution in [0.4, 0.5) is 0 Å². The Morgan fingerprint density at radius 3 is 2.13 bits per heavy atom. The van der Waals surface area contributed by atoms with Crippen LogP contribution in [0.25, 0.3) is 11.1 Å². The highest BCUT2D eigenvalue weighted by Crippen LogP contribution is 2.34. The Kier molecular flexibility index (Phi) is 9.91. The van der Waals surface area contributed by atoms with E-state index in [1.165, 1.54) is 12.1 Å². The summed E-state index contributed by atoms with van der Waals surface area (Å²) in [5.41, 5.74) is 3.43. The summed E-state index contributed by atoms with van der Waals surface area (Å²) in [6, 6.07) is 34.8. The smallest absolute Gasteiger partial charge is 0.335 e. The molecule has 1 atom stereocenters. The average Bonchev–Trinajstić information content (AvgIpc) is 3.04. The molecule has 5 aromatic carbocycles. The largest absolute Gasteiger partial charge is 0.488 e. The van der Waals surface area contributed by atoms with Crippen molar-refractivity contribution in [3.63, 3.8) is 0 Å². The predicted octanol–water partition coefficient (Wildman–Crippen LogP) is 8.13. The first kappa shape index (κ1) is 31.0. The van der Waals surface area contributed by atoms with E-state index in [1.54, 1.807) is 42.5 Å². The molecule has 5 aromatic rings. The van der Waals surface area contributed by atoms with E-state index in [9.17, 15) is 19.5 Å². The molecule has 9 heteroatoms. The van der Waals surface area contributed by atoms with Gasteiger partial charge in [-0.25, -0.2) is 4.79 Å². The first-order valence-electron chi connectivity index (χ1n) is 14.0. The second-order valence-corrected chi connectivity index (χ2v) is 11.0. The van der Waals surface area contributed by atoms with Crippen LogP contribution < -0.4 is 14.8 Å². The Balaban J connectivity index is 1.34. The highest BCUT2D eigenvalue weighted by Gasteiger charge is 2.22. The Bertz CT molecular complexity index is 1810. The summed E-state index contributed by atoms with van der Waals surface area (Å²) < 4.78 is 12.7. The van der Waals surface area contributed by atoms with Gasteiger partial charge in [0.05, 0.1) is 23.6 Å². The maximum absolute atomic E-state index is 13.5. The second kappa shape index (κ2) is 14.4. The van der Waals surface area contributed by atoms with Gasteiger partial charge in [-0.2, -0.15) is 0 Å². The molecular weight excluding hydrogens is 638 g/mol. The molecule has 0 aromatic heterocycles. The molecule has 0 fully saturated rings. The van der Waals surface area contributed by atoms with Gasteiger partial charge >= 0.3 is 11.9 Å². The lowest BCUT2D eigenvalue weighted by molar-refractivity contribution is -0.137. The quantitative estimate of drug-likeness (QED) is 0.123. The normalized spacial score (nSPS) is 11.3. The minimum atomic E-state index is -1.07. The van der Waals surface area contributed by atoms with E-state index in [1.807, 2.05) is 66.7 Å². The fraction of sp³-hybridized carbons (Fsp3) is 0.0833. The molecule has 5 rings (SSSR count). The van der Waals surface area contributed by atoms with Crippen LogP contribution in [0.2, 0.25) is 0 Å². The molecule has 3 N–H and O–H groups in total. The number of carbonyl (C=O) groups excluding carboxylic acids is 1. The molecule has 0 aliphatic heterocycles. The van der Waals surface area contributed by atoms with E-state index < -0.39 is 23.9 Å². The number of carboxylic acid groups (broad SMARTS) is 2. The molecule has 0 aliphatic rings. The van der Waals surface area contributed by atoms with Gasteiger partial charge in [-0.3, -0.25) is 9.59 Å². The molecule has 0 saturated carbocycles. The van der Waals surface area contributed by atoms with Gasteiger partial charge in [0.25, 0.3) is 5.91 Å². The van der Waals surface area contributed by atoms with E-state index >= 15 is 0 Å². The van der Waals surface area contributed by atoms with Crippen molar-refractivity contribution in [2.24, 2.45) is 0 Å². The van der Waals surface area contributed by atoms with Crippen molar-refractivity contribution in [2.75, 3.05) is 0 Å². The van der Waals surface area contributed by atoms with Crippen LogP contribution in [0.15, 0.2) is 126 Å². The third kappa shape index (κ3) is 8.16. The van der Waals surface area contributed by atoms with Crippen LogP contribution in [-0.4, -0.2) is 28.1 Å². The maximum atomic E-state index is 13.5. The zero-order chi connectivity index (χ0) is 31.8. The lowest BCUT2D eigenvalue weighted by Crippen LogP contribution is -2.30. The Hall–Kier alpha value is -5.41. The number of aliphatic carboxylic acids is 1. The number of ether oxygens (including phenoxy) is 2.